The van der Waals surface area contributed by atoms with E-state index in [1.807, 2.05) is 0 Å². The van der Waals surface area contributed by atoms with Crippen molar-refractivity contribution in [3.05, 3.63) is 34.9 Å². The number of hydrazine groups is 1. The van der Waals surface area contributed by atoms with Gasteiger partial charge in [-0.05, 0) is 49.8 Å². The molecule has 1 aromatic rings. The summed E-state index contributed by atoms with van der Waals surface area (Å²) >= 11 is 0. The molecule has 3 rings (SSSR count). The molecule has 1 spiro atoms. The van der Waals surface area contributed by atoms with Crippen molar-refractivity contribution in [2.45, 2.75) is 71.6 Å². The highest BCUT2D eigenvalue weighted by Gasteiger charge is 2.55. The molecule has 2 aliphatic heterocycles. The van der Waals surface area contributed by atoms with Crippen LogP contribution in [0.2, 0.25) is 0 Å². The van der Waals surface area contributed by atoms with Crippen molar-refractivity contribution in [2.24, 2.45) is 0 Å². The highest BCUT2D eigenvalue weighted by molar-refractivity contribution is 5.33. The van der Waals surface area contributed by atoms with Crippen LogP contribution in [0.1, 0.15) is 68.7 Å². The van der Waals surface area contributed by atoms with E-state index < -0.39 is 0 Å². The fraction of sp³-hybridized carbons (Fsp3) is 0.727. The van der Waals surface area contributed by atoms with E-state index in [1.54, 1.807) is 0 Å². The Morgan fingerprint density at radius 1 is 1.15 bits per heavy atom. The van der Waals surface area contributed by atoms with Gasteiger partial charge in [-0.2, -0.15) is 0 Å². The molecular weight excluding hydrogens is 322 g/mol. The van der Waals surface area contributed by atoms with Gasteiger partial charge in [0.1, 0.15) is 11.8 Å². The number of morpholine rings is 1. The molecule has 0 bridgehead atoms. The van der Waals surface area contributed by atoms with Crippen LogP contribution in [-0.4, -0.2) is 48.5 Å². The van der Waals surface area contributed by atoms with Crippen LogP contribution in [0.3, 0.4) is 0 Å². The van der Waals surface area contributed by atoms with Crippen molar-refractivity contribution in [2.75, 3.05) is 32.8 Å². The smallest absolute Gasteiger partial charge is 0.117 e. The molecule has 1 N–H and O–H groups in total. The number of rotatable bonds is 8. The van der Waals surface area contributed by atoms with Crippen LogP contribution in [0.25, 0.3) is 0 Å². The maximum Gasteiger partial charge on any atom is 0.117 e. The van der Waals surface area contributed by atoms with Crippen LogP contribution >= 0.6 is 0 Å². The van der Waals surface area contributed by atoms with Gasteiger partial charge in [0.2, 0.25) is 0 Å². The first-order valence-electron chi connectivity index (χ1n) is 10.6. The third kappa shape index (κ3) is 3.84. The summed E-state index contributed by atoms with van der Waals surface area (Å²) in [5.41, 5.74) is 3.95. The lowest BCUT2D eigenvalue weighted by atomic mass is 9.84. The minimum Gasteiger partial charge on any atom is -0.369 e. The van der Waals surface area contributed by atoms with Crippen molar-refractivity contribution in [3.8, 4) is 0 Å². The van der Waals surface area contributed by atoms with Crippen LogP contribution in [0.5, 0.6) is 0 Å². The number of aryl methyl sites for hydroxylation is 2. The fourth-order valence-electron chi connectivity index (χ4n) is 4.30. The second kappa shape index (κ2) is 8.83. The van der Waals surface area contributed by atoms with Gasteiger partial charge in [-0.1, -0.05) is 44.9 Å². The molecule has 0 saturated carbocycles. The van der Waals surface area contributed by atoms with E-state index in [0.29, 0.717) is 0 Å². The zero-order valence-corrected chi connectivity index (χ0v) is 17.2. The van der Waals surface area contributed by atoms with Gasteiger partial charge in [-0.15, -0.1) is 0 Å². The number of unbranched alkanes of at least 4 members (excludes halogenated alkanes) is 2. The van der Waals surface area contributed by atoms with Crippen molar-refractivity contribution in [1.29, 1.82) is 0 Å². The third-order valence-corrected chi connectivity index (χ3v) is 6.13. The van der Waals surface area contributed by atoms with E-state index in [2.05, 4.69) is 61.2 Å². The Labute approximate surface area is 159 Å². The first-order chi connectivity index (χ1) is 12.6. The molecule has 0 amide bonds. The minimum atomic E-state index is -0.0680. The fourth-order valence-corrected chi connectivity index (χ4v) is 4.30. The Kier molecular flexibility index (Phi) is 6.73. The van der Waals surface area contributed by atoms with Gasteiger partial charge >= 0.3 is 0 Å². The summed E-state index contributed by atoms with van der Waals surface area (Å²) in [5.74, 6) is 0. The minimum absolute atomic E-state index is 0.0680. The van der Waals surface area contributed by atoms with E-state index in [1.165, 1.54) is 42.4 Å². The molecule has 2 atom stereocenters. The molecular formula is C22H37N3O. The summed E-state index contributed by atoms with van der Waals surface area (Å²) in [6.45, 7) is 14.1. The van der Waals surface area contributed by atoms with E-state index >= 15 is 0 Å². The normalized spacial score (nSPS) is 26.4. The Balaban J connectivity index is 1.84. The molecule has 0 aromatic heterocycles. The quantitative estimate of drug-likeness (QED) is 0.753. The molecule has 0 radical (unpaired) electrons. The van der Waals surface area contributed by atoms with Crippen molar-refractivity contribution in [1.82, 2.24) is 15.3 Å². The predicted molar refractivity (Wildman–Crippen MR) is 108 cm³/mol. The third-order valence-electron chi connectivity index (χ3n) is 6.13. The van der Waals surface area contributed by atoms with Crippen molar-refractivity contribution in [3.63, 3.8) is 0 Å². The number of benzene rings is 1. The van der Waals surface area contributed by atoms with Crippen molar-refractivity contribution >= 4 is 0 Å². The molecule has 2 aliphatic rings. The molecule has 146 valence electrons. The number of nitrogens with zero attached hydrogens (tertiary/aromatic N) is 2. The van der Waals surface area contributed by atoms with Crippen LogP contribution in [-0.2, 0) is 4.74 Å². The highest BCUT2D eigenvalue weighted by atomic mass is 16.5. The topological polar surface area (TPSA) is 27.7 Å². The molecule has 2 fully saturated rings. The van der Waals surface area contributed by atoms with Gasteiger partial charge in [-0.25, -0.2) is 10.0 Å². The van der Waals surface area contributed by atoms with Gasteiger partial charge < -0.3 is 4.74 Å². The zero-order chi connectivity index (χ0) is 18.6. The first kappa shape index (κ1) is 19.8. The van der Waals surface area contributed by atoms with E-state index in [9.17, 15) is 0 Å². The number of nitrogens with one attached hydrogen (secondary N) is 1. The zero-order valence-electron chi connectivity index (χ0n) is 17.2. The summed E-state index contributed by atoms with van der Waals surface area (Å²) in [7, 11) is 0. The lowest BCUT2D eigenvalue weighted by Crippen LogP contribution is -2.77. The largest absolute Gasteiger partial charge is 0.369 e. The SMILES string of the molecule is CCCCN(CCCC)N1CCC12NCCOC2c1ccc(C)c(C)c1. The molecule has 1 aromatic carbocycles. The predicted octanol–water partition coefficient (Wildman–Crippen LogP) is 4.18. The highest BCUT2D eigenvalue weighted by Crippen LogP contribution is 2.44. The average molecular weight is 360 g/mol. The lowest BCUT2D eigenvalue weighted by Gasteiger charge is -2.61. The second-order valence-corrected chi connectivity index (χ2v) is 7.98. The maximum absolute atomic E-state index is 6.38. The Hall–Kier alpha value is -0.940. The maximum atomic E-state index is 6.38. The molecule has 26 heavy (non-hydrogen) atoms. The standard InChI is InChI=1S/C22H37N3O/c1-5-7-13-24(14-8-6-2)25-15-11-22(25)21(26-16-12-23-22)20-10-9-18(3)19(4)17-20/h9-10,17,21,23H,5-8,11-16H2,1-4H3. The van der Waals surface area contributed by atoms with E-state index in [0.717, 1.165) is 39.2 Å². The summed E-state index contributed by atoms with van der Waals surface area (Å²) < 4.78 is 6.38. The monoisotopic (exact) mass is 359 g/mol. The van der Waals surface area contributed by atoms with E-state index in [-0.39, 0.29) is 11.8 Å². The van der Waals surface area contributed by atoms with Crippen LogP contribution < -0.4 is 5.32 Å². The lowest BCUT2D eigenvalue weighted by molar-refractivity contribution is -0.257. The van der Waals surface area contributed by atoms with Gasteiger partial charge in [0, 0.05) is 26.2 Å². The van der Waals surface area contributed by atoms with Gasteiger partial charge in [-0.3, -0.25) is 5.32 Å². The Bertz CT molecular complexity index is 583. The number of ether oxygens (including phenoxy) is 1. The number of hydrogen-bond acceptors (Lipinski definition) is 4. The van der Waals surface area contributed by atoms with Gasteiger partial charge in [0.25, 0.3) is 0 Å². The second-order valence-electron chi connectivity index (χ2n) is 7.98. The molecule has 2 saturated heterocycles. The summed E-state index contributed by atoms with van der Waals surface area (Å²) in [6.07, 6.45) is 6.26. The van der Waals surface area contributed by atoms with E-state index in [4.69, 9.17) is 4.74 Å². The van der Waals surface area contributed by atoms with Gasteiger partial charge in [0.15, 0.2) is 0 Å². The summed E-state index contributed by atoms with van der Waals surface area (Å²) in [5, 5.41) is 9.06. The average Bonchev–Trinajstić information content (AvgIpc) is 2.65. The number of hydrogen-bond donors (Lipinski definition) is 1. The molecule has 4 nitrogen and oxygen atoms in total. The molecule has 0 aliphatic carbocycles. The summed E-state index contributed by atoms with van der Waals surface area (Å²) in [6, 6.07) is 6.83. The Morgan fingerprint density at radius 3 is 2.46 bits per heavy atom. The van der Waals surface area contributed by atoms with Crippen LogP contribution in [0.4, 0.5) is 0 Å². The molecule has 4 heteroatoms. The Morgan fingerprint density at radius 2 is 1.88 bits per heavy atom. The summed E-state index contributed by atoms with van der Waals surface area (Å²) in [4.78, 5) is 0. The van der Waals surface area contributed by atoms with Crippen LogP contribution in [0.15, 0.2) is 18.2 Å². The molecule has 2 unspecified atom stereocenters. The van der Waals surface area contributed by atoms with Gasteiger partial charge in [0.05, 0.1) is 6.61 Å². The molecule has 2 heterocycles. The van der Waals surface area contributed by atoms with Crippen molar-refractivity contribution < 1.29 is 4.74 Å². The van der Waals surface area contributed by atoms with Crippen LogP contribution in [0, 0.1) is 13.8 Å². The first-order valence-corrected chi connectivity index (χ1v) is 10.6.